The number of hydrogen-bond donors (Lipinski definition) is 1. The highest BCUT2D eigenvalue weighted by molar-refractivity contribution is 5.81. The SMILES string of the molecule is COc1ccc2c(c1)[C@]13CCN[C@@H](C2)[C@H]1CCC(=O)C3. The van der Waals surface area contributed by atoms with Crippen molar-refractivity contribution in [1.82, 2.24) is 5.32 Å². The molecule has 3 aliphatic rings. The molecule has 1 aromatic rings. The topological polar surface area (TPSA) is 38.3 Å². The third-order valence-corrected chi connectivity index (χ3v) is 5.71. The van der Waals surface area contributed by atoms with E-state index in [0.717, 1.165) is 44.4 Å². The number of methoxy groups -OCH3 is 1. The second kappa shape index (κ2) is 4.32. The number of hydrogen-bond acceptors (Lipinski definition) is 3. The summed E-state index contributed by atoms with van der Waals surface area (Å²) < 4.78 is 5.42. The van der Waals surface area contributed by atoms with E-state index in [-0.39, 0.29) is 5.41 Å². The van der Waals surface area contributed by atoms with E-state index in [0.29, 0.717) is 17.7 Å². The summed E-state index contributed by atoms with van der Waals surface area (Å²) in [5.41, 5.74) is 2.88. The lowest BCUT2D eigenvalue weighted by atomic mass is 9.52. The van der Waals surface area contributed by atoms with Crippen molar-refractivity contribution in [2.24, 2.45) is 5.92 Å². The molecule has 1 N–H and O–H groups in total. The van der Waals surface area contributed by atoms with Crippen LogP contribution in [0.25, 0.3) is 0 Å². The van der Waals surface area contributed by atoms with Crippen molar-refractivity contribution in [2.45, 2.75) is 43.6 Å². The molecule has 2 bridgehead atoms. The molecule has 0 aromatic heterocycles. The molecule has 4 rings (SSSR count). The summed E-state index contributed by atoms with van der Waals surface area (Å²) in [6.07, 6.45) is 4.73. The van der Waals surface area contributed by atoms with Crippen LogP contribution in [0, 0.1) is 5.92 Å². The molecule has 1 aliphatic heterocycles. The van der Waals surface area contributed by atoms with Gasteiger partial charge in [0.2, 0.25) is 0 Å². The number of piperidine rings is 1. The van der Waals surface area contributed by atoms with E-state index >= 15 is 0 Å². The van der Waals surface area contributed by atoms with Crippen LogP contribution in [0.15, 0.2) is 18.2 Å². The Labute approximate surface area is 119 Å². The number of fused-ring (bicyclic) bond motifs is 1. The summed E-state index contributed by atoms with van der Waals surface area (Å²) in [7, 11) is 1.72. The monoisotopic (exact) mass is 271 g/mol. The van der Waals surface area contributed by atoms with Gasteiger partial charge in [-0.15, -0.1) is 0 Å². The minimum Gasteiger partial charge on any atom is -0.497 e. The Kier molecular flexibility index (Phi) is 2.68. The molecule has 0 unspecified atom stereocenters. The first kappa shape index (κ1) is 12.4. The second-order valence-electron chi connectivity index (χ2n) is 6.55. The van der Waals surface area contributed by atoms with Crippen LogP contribution in [0.5, 0.6) is 5.75 Å². The highest BCUT2D eigenvalue weighted by atomic mass is 16.5. The first-order valence-electron chi connectivity index (χ1n) is 7.65. The Morgan fingerprint density at radius 1 is 1.40 bits per heavy atom. The quantitative estimate of drug-likeness (QED) is 0.851. The zero-order valence-corrected chi connectivity index (χ0v) is 11.9. The molecule has 3 atom stereocenters. The maximum Gasteiger partial charge on any atom is 0.133 e. The van der Waals surface area contributed by atoms with Gasteiger partial charge in [-0.25, -0.2) is 0 Å². The lowest BCUT2D eigenvalue weighted by molar-refractivity contribution is -0.125. The number of ether oxygens (including phenoxy) is 1. The van der Waals surface area contributed by atoms with Gasteiger partial charge in [0.05, 0.1) is 7.11 Å². The smallest absolute Gasteiger partial charge is 0.133 e. The van der Waals surface area contributed by atoms with Crippen molar-refractivity contribution in [3.63, 3.8) is 0 Å². The third-order valence-electron chi connectivity index (χ3n) is 5.71. The Morgan fingerprint density at radius 3 is 3.15 bits per heavy atom. The van der Waals surface area contributed by atoms with Crippen molar-refractivity contribution in [3.05, 3.63) is 29.3 Å². The Bertz CT molecular complexity index is 568. The number of benzene rings is 1. The van der Waals surface area contributed by atoms with Gasteiger partial charge in [-0.3, -0.25) is 4.79 Å². The summed E-state index contributed by atoms with van der Waals surface area (Å²) in [5.74, 6) is 1.98. The van der Waals surface area contributed by atoms with Gasteiger partial charge in [0.1, 0.15) is 11.5 Å². The molecule has 1 heterocycles. The van der Waals surface area contributed by atoms with Gasteiger partial charge in [-0.1, -0.05) is 6.07 Å². The molecule has 0 amide bonds. The summed E-state index contributed by atoms with van der Waals surface area (Å²) >= 11 is 0. The molecular weight excluding hydrogens is 250 g/mol. The number of carbonyl (C=O) groups excluding carboxylic acids is 1. The number of carbonyl (C=O) groups is 1. The molecule has 1 aromatic carbocycles. The summed E-state index contributed by atoms with van der Waals surface area (Å²) in [6.45, 7) is 1.03. The third kappa shape index (κ3) is 1.59. The lowest BCUT2D eigenvalue weighted by Gasteiger charge is -2.55. The normalized spacial score (nSPS) is 35.1. The number of ketones is 1. The molecule has 2 aliphatic carbocycles. The molecule has 2 fully saturated rings. The molecular formula is C17H21NO2. The van der Waals surface area contributed by atoms with Crippen LogP contribution in [0.3, 0.4) is 0 Å². The van der Waals surface area contributed by atoms with Crippen LogP contribution >= 0.6 is 0 Å². The maximum absolute atomic E-state index is 12.1. The van der Waals surface area contributed by atoms with Gasteiger partial charge in [-0.05, 0) is 55.0 Å². The first-order chi connectivity index (χ1) is 9.73. The molecule has 106 valence electrons. The van der Waals surface area contributed by atoms with Crippen molar-refractivity contribution in [1.29, 1.82) is 0 Å². The molecule has 20 heavy (non-hydrogen) atoms. The molecule has 3 heteroatoms. The van der Waals surface area contributed by atoms with Crippen LogP contribution in [-0.2, 0) is 16.6 Å². The fraction of sp³-hybridized carbons (Fsp3) is 0.588. The van der Waals surface area contributed by atoms with E-state index in [1.807, 2.05) is 0 Å². The lowest BCUT2D eigenvalue weighted by Crippen LogP contribution is -2.60. The maximum atomic E-state index is 12.1. The highest BCUT2D eigenvalue weighted by Gasteiger charge is 2.53. The van der Waals surface area contributed by atoms with Gasteiger partial charge < -0.3 is 10.1 Å². The minimum absolute atomic E-state index is 0.0768. The fourth-order valence-electron chi connectivity index (χ4n) is 4.85. The summed E-state index contributed by atoms with van der Waals surface area (Å²) in [4.78, 5) is 12.1. The van der Waals surface area contributed by atoms with Gasteiger partial charge in [-0.2, -0.15) is 0 Å². The van der Waals surface area contributed by atoms with E-state index in [4.69, 9.17) is 4.74 Å². The van der Waals surface area contributed by atoms with Crippen molar-refractivity contribution in [2.75, 3.05) is 13.7 Å². The zero-order valence-electron chi connectivity index (χ0n) is 11.9. The predicted octanol–water partition coefficient (Wildman–Crippen LogP) is 2.22. The van der Waals surface area contributed by atoms with Crippen molar-refractivity contribution >= 4 is 5.78 Å². The Balaban J connectivity index is 1.89. The average molecular weight is 271 g/mol. The summed E-state index contributed by atoms with van der Waals surface area (Å²) in [5, 5.41) is 3.69. The molecule has 0 spiro atoms. The standard InChI is InChI=1S/C17H21NO2/c1-20-13-4-2-11-8-16-14-5-3-12(19)10-17(14,6-7-18-16)15(11)9-13/h2,4,9,14,16,18H,3,5-8,10H2,1H3/t14-,16+,17+/m1/s1. The minimum atomic E-state index is 0.0768. The average Bonchev–Trinajstić information content (AvgIpc) is 2.46. The van der Waals surface area contributed by atoms with Gasteiger partial charge in [0.25, 0.3) is 0 Å². The van der Waals surface area contributed by atoms with E-state index in [1.165, 1.54) is 11.1 Å². The molecule has 3 nitrogen and oxygen atoms in total. The Morgan fingerprint density at radius 2 is 2.30 bits per heavy atom. The van der Waals surface area contributed by atoms with E-state index in [2.05, 4.69) is 23.5 Å². The number of nitrogens with one attached hydrogen (secondary N) is 1. The van der Waals surface area contributed by atoms with Crippen molar-refractivity contribution < 1.29 is 9.53 Å². The van der Waals surface area contributed by atoms with E-state index < -0.39 is 0 Å². The summed E-state index contributed by atoms with van der Waals surface area (Å²) in [6, 6.07) is 7.00. The highest BCUT2D eigenvalue weighted by Crippen LogP contribution is 2.53. The van der Waals surface area contributed by atoms with Crippen molar-refractivity contribution in [3.8, 4) is 5.75 Å². The van der Waals surface area contributed by atoms with Crippen LogP contribution in [0.2, 0.25) is 0 Å². The first-order valence-corrected chi connectivity index (χ1v) is 7.65. The fourth-order valence-corrected chi connectivity index (χ4v) is 4.85. The van der Waals surface area contributed by atoms with Gasteiger partial charge in [0.15, 0.2) is 0 Å². The van der Waals surface area contributed by atoms with Crippen LogP contribution in [0.4, 0.5) is 0 Å². The number of Topliss-reactive ketones (excluding diaryl/α,β-unsaturated/α-hetero) is 1. The molecule has 1 saturated heterocycles. The molecule has 1 saturated carbocycles. The van der Waals surface area contributed by atoms with Gasteiger partial charge in [0, 0.05) is 24.3 Å². The number of rotatable bonds is 1. The second-order valence-corrected chi connectivity index (χ2v) is 6.55. The zero-order chi connectivity index (χ0) is 13.7. The predicted molar refractivity (Wildman–Crippen MR) is 77.1 cm³/mol. The Hall–Kier alpha value is -1.35. The van der Waals surface area contributed by atoms with Crippen LogP contribution in [0.1, 0.15) is 36.8 Å². The largest absolute Gasteiger partial charge is 0.497 e. The van der Waals surface area contributed by atoms with Gasteiger partial charge >= 0.3 is 0 Å². The van der Waals surface area contributed by atoms with E-state index in [1.54, 1.807) is 7.11 Å². The van der Waals surface area contributed by atoms with E-state index in [9.17, 15) is 4.79 Å². The van der Waals surface area contributed by atoms with Crippen LogP contribution < -0.4 is 10.1 Å². The van der Waals surface area contributed by atoms with Crippen LogP contribution in [-0.4, -0.2) is 25.5 Å². The molecule has 0 radical (unpaired) electrons.